The average Bonchev–Trinajstić information content (AvgIpc) is 2.54. The highest BCUT2D eigenvalue weighted by Crippen LogP contribution is 2.16. The van der Waals surface area contributed by atoms with Crippen molar-refractivity contribution in [3.63, 3.8) is 0 Å². The van der Waals surface area contributed by atoms with Crippen molar-refractivity contribution < 1.29 is 4.79 Å². The number of fused-ring (bicyclic) bond motifs is 1. The fourth-order valence-corrected chi connectivity index (χ4v) is 2.79. The molecular weight excluding hydrogens is 302 g/mol. The number of amides is 1. The molecule has 0 unspecified atom stereocenters. The Balaban J connectivity index is 1.91. The van der Waals surface area contributed by atoms with Crippen molar-refractivity contribution in [1.29, 1.82) is 0 Å². The van der Waals surface area contributed by atoms with Crippen molar-refractivity contribution in [2.45, 2.75) is 26.8 Å². The van der Waals surface area contributed by atoms with E-state index in [1.165, 1.54) is 4.68 Å². The Labute approximate surface area is 139 Å². The molecule has 2 aromatic carbocycles. The zero-order valence-electron chi connectivity index (χ0n) is 13.9. The number of carbonyl (C=O) groups excluding carboxylic acids is 1. The van der Waals surface area contributed by atoms with Gasteiger partial charge in [0.15, 0.2) is 0 Å². The van der Waals surface area contributed by atoms with Gasteiger partial charge in [0, 0.05) is 11.1 Å². The van der Waals surface area contributed by atoms with E-state index >= 15 is 0 Å². The molecule has 24 heavy (non-hydrogen) atoms. The van der Waals surface area contributed by atoms with Crippen LogP contribution in [0, 0.1) is 13.8 Å². The van der Waals surface area contributed by atoms with Gasteiger partial charge in [0.25, 0.3) is 5.56 Å². The van der Waals surface area contributed by atoms with E-state index in [2.05, 4.69) is 10.4 Å². The Morgan fingerprint density at radius 2 is 1.79 bits per heavy atom. The minimum atomic E-state index is -0.706. The second-order valence-corrected chi connectivity index (χ2v) is 6.02. The number of rotatable bonds is 3. The van der Waals surface area contributed by atoms with E-state index < -0.39 is 6.04 Å². The molecule has 0 fully saturated rings. The van der Waals surface area contributed by atoms with Gasteiger partial charge in [-0.1, -0.05) is 24.3 Å². The Morgan fingerprint density at radius 1 is 1.12 bits per heavy atom. The van der Waals surface area contributed by atoms with Crippen LogP contribution in [-0.4, -0.2) is 15.7 Å². The fraction of sp³-hybridized carbons (Fsp3) is 0.211. The van der Waals surface area contributed by atoms with Crippen molar-refractivity contribution in [2.24, 2.45) is 0 Å². The summed E-state index contributed by atoms with van der Waals surface area (Å²) < 4.78 is 1.22. The fourth-order valence-electron chi connectivity index (χ4n) is 2.79. The zero-order valence-corrected chi connectivity index (χ0v) is 13.9. The van der Waals surface area contributed by atoms with Crippen LogP contribution in [0.2, 0.25) is 0 Å². The molecule has 0 saturated heterocycles. The van der Waals surface area contributed by atoms with Gasteiger partial charge < -0.3 is 5.32 Å². The number of aryl methyl sites for hydroxylation is 2. The molecule has 0 aliphatic heterocycles. The molecule has 0 aliphatic carbocycles. The van der Waals surface area contributed by atoms with Crippen molar-refractivity contribution in [2.75, 3.05) is 5.32 Å². The molecule has 5 nitrogen and oxygen atoms in total. The predicted octanol–water partition coefficient (Wildman–Crippen LogP) is 3.21. The number of nitrogens with zero attached hydrogens (tertiary/aromatic N) is 2. The summed E-state index contributed by atoms with van der Waals surface area (Å²) in [5.41, 5.74) is 2.59. The van der Waals surface area contributed by atoms with Crippen molar-refractivity contribution in [3.05, 3.63) is 70.1 Å². The summed E-state index contributed by atoms with van der Waals surface area (Å²) in [6.45, 7) is 5.62. The number of nitrogens with one attached hydrogen (secondary N) is 1. The maximum atomic E-state index is 12.6. The summed E-state index contributed by atoms with van der Waals surface area (Å²) in [7, 11) is 0. The molecule has 1 amide bonds. The van der Waals surface area contributed by atoms with Crippen molar-refractivity contribution in [3.8, 4) is 0 Å². The van der Waals surface area contributed by atoms with Gasteiger partial charge in [0.1, 0.15) is 6.04 Å². The number of hydrogen-bond donors (Lipinski definition) is 1. The standard InChI is InChI=1S/C19H19N3O2/c1-12-8-13(2)10-16(9-12)21-18(23)14(3)22-19(24)17-7-5-4-6-15(17)11-20-22/h4-11,14H,1-3H3,(H,21,23)/t14-/m0/s1. The normalized spacial score (nSPS) is 12.1. The van der Waals surface area contributed by atoms with E-state index in [4.69, 9.17) is 0 Å². The molecule has 0 saturated carbocycles. The van der Waals surface area contributed by atoms with Crippen molar-refractivity contribution in [1.82, 2.24) is 9.78 Å². The molecule has 1 aromatic heterocycles. The Hall–Kier alpha value is -2.95. The summed E-state index contributed by atoms with van der Waals surface area (Å²) in [4.78, 5) is 25.1. The van der Waals surface area contributed by atoms with E-state index in [0.29, 0.717) is 5.39 Å². The van der Waals surface area contributed by atoms with Crippen LogP contribution < -0.4 is 10.9 Å². The van der Waals surface area contributed by atoms with E-state index in [0.717, 1.165) is 22.2 Å². The quantitative estimate of drug-likeness (QED) is 0.805. The van der Waals surface area contributed by atoms with Crippen molar-refractivity contribution >= 4 is 22.4 Å². The van der Waals surface area contributed by atoms with Gasteiger partial charge in [-0.05, 0) is 50.1 Å². The van der Waals surface area contributed by atoms with Crippen LogP contribution in [0.1, 0.15) is 24.1 Å². The van der Waals surface area contributed by atoms with Gasteiger partial charge in [0.05, 0.1) is 11.6 Å². The highest BCUT2D eigenvalue weighted by Gasteiger charge is 2.18. The lowest BCUT2D eigenvalue weighted by molar-refractivity contribution is -0.119. The molecule has 0 aliphatic rings. The molecular formula is C19H19N3O2. The highest BCUT2D eigenvalue weighted by atomic mass is 16.2. The molecule has 1 atom stereocenters. The van der Waals surface area contributed by atoms with Crippen LogP contribution in [0.15, 0.2) is 53.5 Å². The molecule has 1 heterocycles. The van der Waals surface area contributed by atoms with E-state index in [-0.39, 0.29) is 11.5 Å². The van der Waals surface area contributed by atoms with Gasteiger partial charge in [0.2, 0.25) is 5.91 Å². The number of carbonyl (C=O) groups is 1. The third-order valence-electron chi connectivity index (χ3n) is 3.96. The highest BCUT2D eigenvalue weighted by molar-refractivity contribution is 5.93. The second kappa shape index (κ2) is 6.28. The van der Waals surface area contributed by atoms with Crippen LogP contribution in [0.5, 0.6) is 0 Å². The Kier molecular flexibility index (Phi) is 4.16. The van der Waals surface area contributed by atoms with E-state index in [1.807, 2.05) is 44.2 Å². The molecule has 5 heteroatoms. The first-order valence-corrected chi connectivity index (χ1v) is 7.81. The van der Waals surface area contributed by atoms with Crippen LogP contribution in [0.3, 0.4) is 0 Å². The topological polar surface area (TPSA) is 64.0 Å². The van der Waals surface area contributed by atoms with Crippen LogP contribution in [0.25, 0.3) is 10.8 Å². The van der Waals surface area contributed by atoms with Gasteiger partial charge in [-0.15, -0.1) is 0 Å². The summed E-state index contributed by atoms with van der Waals surface area (Å²) in [6.07, 6.45) is 1.61. The number of aromatic nitrogens is 2. The van der Waals surface area contributed by atoms with E-state index in [1.54, 1.807) is 25.3 Å². The third kappa shape index (κ3) is 3.06. The van der Waals surface area contributed by atoms with Crippen LogP contribution >= 0.6 is 0 Å². The third-order valence-corrected chi connectivity index (χ3v) is 3.96. The first-order chi connectivity index (χ1) is 11.5. The molecule has 122 valence electrons. The first kappa shape index (κ1) is 15.9. The SMILES string of the molecule is Cc1cc(C)cc(NC(=O)[C@H](C)n2ncc3ccccc3c2=O)c1. The minimum absolute atomic E-state index is 0.267. The smallest absolute Gasteiger partial charge is 0.275 e. The summed E-state index contributed by atoms with van der Waals surface area (Å²) in [5.74, 6) is -0.273. The lowest BCUT2D eigenvalue weighted by atomic mass is 10.1. The number of hydrogen-bond acceptors (Lipinski definition) is 3. The molecule has 3 aromatic rings. The zero-order chi connectivity index (χ0) is 17.3. The monoisotopic (exact) mass is 321 g/mol. The summed E-state index contributed by atoms with van der Waals surface area (Å²) in [5, 5.41) is 8.32. The molecule has 0 bridgehead atoms. The predicted molar refractivity (Wildman–Crippen MR) is 95.3 cm³/mol. The van der Waals surface area contributed by atoms with Gasteiger partial charge in [-0.2, -0.15) is 5.10 Å². The average molecular weight is 321 g/mol. The van der Waals surface area contributed by atoms with Gasteiger partial charge in [-0.3, -0.25) is 9.59 Å². The van der Waals surface area contributed by atoms with Crippen LogP contribution in [-0.2, 0) is 4.79 Å². The first-order valence-electron chi connectivity index (χ1n) is 7.81. The number of anilines is 1. The maximum absolute atomic E-state index is 12.6. The molecule has 0 spiro atoms. The van der Waals surface area contributed by atoms with Gasteiger partial charge in [-0.25, -0.2) is 4.68 Å². The minimum Gasteiger partial charge on any atom is -0.324 e. The molecule has 0 radical (unpaired) electrons. The summed E-state index contributed by atoms with van der Waals surface area (Å²) in [6, 6.07) is 12.3. The lowest BCUT2D eigenvalue weighted by Gasteiger charge is -2.15. The summed E-state index contributed by atoms with van der Waals surface area (Å²) >= 11 is 0. The maximum Gasteiger partial charge on any atom is 0.275 e. The Morgan fingerprint density at radius 3 is 2.50 bits per heavy atom. The molecule has 3 rings (SSSR count). The largest absolute Gasteiger partial charge is 0.324 e. The Bertz CT molecular complexity index is 956. The van der Waals surface area contributed by atoms with Crippen LogP contribution in [0.4, 0.5) is 5.69 Å². The number of benzene rings is 2. The van der Waals surface area contributed by atoms with Gasteiger partial charge >= 0.3 is 0 Å². The second-order valence-electron chi connectivity index (χ2n) is 6.02. The molecule has 1 N–H and O–H groups in total. The van der Waals surface area contributed by atoms with E-state index in [9.17, 15) is 9.59 Å². The lowest BCUT2D eigenvalue weighted by Crippen LogP contribution is -2.33.